The molecule has 1 fully saturated rings. The molecule has 1 saturated heterocycles. The molecule has 18 heavy (non-hydrogen) atoms. The summed E-state index contributed by atoms with van der Waals surface area (Å²) in [5.41, 5.74) is 6.19. The van der Waals surface area contributed by atoms with Gasteiger partial charge in [0, 0.05) is 24.8 Å². The maximum Gasteiger partial charge on any atom is 0.144 e. The van der Waals surface area contributed by atoms with Crippen molar-refractivity contribution in [1.82, 2.24) is 0 Å². The molecule has 5 heteroatoms. The van der Waals surface area contributed by atoms with E-state index in [1.807, 2.05) is 0 Å². The number of nitriles is 1. The highest BCUT2D eigenvalue weighted by molar-refractivity contribution is 5.49. The molecule has 1 atom stereocenters. The quantitative estimate of drug-likeness (QED) is 0.839. The van der Waals surface area contributed by atoms with Crippen LogP contribution < -0.4 is 5.73 Å². The number of ether oxygens (including phenoxy) is 1. The minimum Gasteiger partial charge on any atom is -0.506 e. The predicted octanol–water partition coefficient (Wildman–Crippen LogP) is 1.83. The van der Waals surface area contributed by atoms with E-state index in [9.17, 15) is 9.50 Å². The summed E-state index contributed by atoms with van der Waals surface area (Å²) in [6, 6.07) is 3.88. The maximum absolute atomic E-state index is 13.3. The highest BCUT2D eigenvalue weighted by atomic mass is 19.1. The van der Waals surface area contributed by atoms with Gasteiger partial charge in [0.05, 0.1) is 0 Å². The lowest BCUT2D eigenvalue weighted by Gasteiger charge is -2.28. The van der Waals surface area contributed by atoms with Gasteiger partial charge in [-0.3, -0.25) is 0 Å². The van der Waals surface area contributed by atoms with Crippen LogP contribution in [0.15, 0.2) is 12.1 Å². The number of nitrogens with two attached hydrogens (primary N) is 1. The molecule has 1 aliphatic heterocycles. The summed E-state index contributed by atoms with van der Waals surface area (Å²) in [7, 11) is 0. The van der Waals surface area contributed by atoms with E-state index in [-0.39, 0.29) is 17.2 Å². The summed E-state index contributed by atoms with van der Waals surface area (Å²) in [5.74, 6) is -0.879. The monoisotopic (exact) mass is 250 g/mol. The number of rotatable bonds is 2. The second-order valence-corrected chi connectivity index (χ2v) is 4.45. The topological polar surface area (TPSA) is 79.3 Å². The van der Waals surface area contributed by atoms with Gasteiger partial charge in [-0.15, -0.1) is 0 Å². The molecular weight excluding hydrogens is 235 g/mol. The van der Waals surface area contributed by atoms with E-state index >= 15 is 0 Å². The highest BCUT2D eigenvalue weighted by Crippen LogP contribution is 2.35. The first-order valence-electron chi connectivity index (χ1n) is 5.90. The van der Waals surface area contributed by atoms with Gasteiger partial charge < -0.3 is 15.6 Å². The largest absolute Gasteiger partial charge is 0.506 e. The molecule has 96 valence electrons. The van der Waals surface area contributed by atoms with Gasteiger partial charge in [0.25, 0.3) is 0 Å². The maximum atomic E-state index is 13.3. The van der Waals surface area contributed by atoms with Gasteiger partial charge in [0.1, 0.15) is 23.2 Å². The Hall–Kier alpha value is -1.64. The lowest BCUT2D eigenvalue weighted by atomic mass is 9.86. The summed E-state index contributed by atoms with van der Waals surface area (Å²) >= 11 is 0. The molecule has 0 saturated carbocycles. The average molecular weight is 250 g/mol. The Bertz CT molecular complexity index is 479. The Balaban J connectivity index is 2.30. The predicted molar refractivity (Wildman–Crippen MR) is 63.3 cm³/mol. The number of phenols is 1. The zero-order valence-corrected chi connectivity index (χ0v) is 9.90. The number of hydrogen-bond donors (Lipinski definition) is 2. The van der Waals surface area contributed by atoms with Gasteiger partial charge >= 0.3 is 0 Å². The number of aromatic hydroxyl groups is 1. The summed E-state index contributed by atoms with van der Waals surface area (Å²) < 4.78 is 18.5. The molecule has 0 aromatic heterocycles. The highest BCUT2D eigenvalue weighted by Gasteiger charge is 2.26. The number of nitrogens with zero attached hydrogens (tertiary/aromatic N) is 1. The molecule has 1 heterocycles. The standard InChI is InChI=1S/C13H15FN2O2/c14-11-2-1-9(13(17)10(11)7-15)12(16)8-3-5-18-6-4-8/h1-2,8,12,17H,3-6,16H2/t12-/m1/s1. The van der Waals surface area contributed by atoms with Crippen molar-refractivity contribution in [3.8, 4) is 11.8 Å². The fraction of sp³-hybridized carbons (Fsp3) is 0.462. The fourth-order valence-corrected chi connectivity index (χ4v) is 2.29. The minimum atomic E-state index is -0.724. The van der Waals surface area contributed by atoms with Crippen molar-refractivity contribution in [3.63, 3.8) is 0 Å². The summed E-state index contributed by atoms with van der Waals surface area (Å²) in [5, 5.41) is 18.7. The van der Waals surface area contributed by atoms with Gasteiger partial charge in [-0.2, -0.15) is 5.26 Å². The second-order valence-electron chi connectivity index (χ2n) is 4.45. The molecule has 0 spiro atoms. The molecule has 4 nitrogen and oxygen atoms in total. The smallest absolute Gasteiger partial charge is 0.144 e. The van der Waals surface area contributed by atoms with Crippen LogP contribution in [0.4, 0.5) is 4.39 Å². The summed E-state index contributed by atoms with van der Waals surface area (Å²) in [6.07, 6.45) is 1.61. The van der Waals surface area contributed by atoms with E-state index in [1.165, 1.54) is 12.1 Å². The van der Waals surface area contributed by atoms with Crippen molar-refractivity contribution in [2.75, 3.05) is 13.2 Å². The third-order valence-electron chi connectivity index (χ3n) is 3.40. The van der Waals surface area contributed by atoms with E-state index in [4.69, 9.17) is 15.7 Å². The molecule has 1 aromatic carbocycles. The number of benzene rings is 1. The lowest BCUT2D eigenvalue weighted by Crippen LogP contribution is -2.27. The summed E-state index contributed by atoms with van der Waals surface area (Å²) in [6.45, 7) is 1.29. The average Bonchev–Trinajstić information content (AvgIpc) is 2.40. The molecule has 1 aromatic rings. The van der Waals surface area contributed by atoms with Gasteiger partial charge in [-0.25, -0.2) is 4.39 Å². The van der Waals surface area contributed by atoms with Crippen LogP contribution in [-0.2, 0) is 4.74 Å². The normalized spacial score (nSPS) is 18.3. The van der Waals surface area contributed by atoms with Gasteiger partial charge in [-0.05, 0) is 24.8 Å². The number of phenolic OH excluding ortho intramolecular Hbond substituents is 1. The molecule has 1 aliphatic rings. The van der Waals surface area contributed by atoms with Crippen molar-refractivity contribution in [2.45, 2.75) is 18.9 Å². The fourth-order valence-electron chi connectivity index (χ4n) is 2.29. The molecule has 2 rings (SSSR count). The van der Waals surface area contributed by atoms with Crippen LogP contribution in [0.3, 0.4) is 0 Å². The second kappa shape index (κ2) is 5.34. The third kappa shape index (κ3) is 2.30. The molecule has 0 amide bonds. The van der Waals surface area contributed by atoms with Crippen LogP contribution in [0.2, 0.25) is 0 Å². The van der Waals surface area contributed by atoms with Gasteiger partial charge in [-0.1, -0.05) is 6.07 Å². The Morgan fingerprint density at radius 3 is 2.72 bits per heavy atom. The molecule has 0 radical (unpaired) electrons. The van der Waals surface area contributed by atoms with Crippen LogP contribution >= 0.6 is 0 Å². The zero-order valence-electron chi connectivity index (χ0n) is 9.90. The first kappa shape index (κ1) is 12.8. The van der Waals surface area contributed by atoms with Crippen LogP contribution in [0.5, 0.6) is 5.75 Å². The Morgan fingerprint density at radius 2 is 2.11 bits per heavy atom. The zero-order chi connectivity index (χ0) is 13.1. The van der Waals surface area contributed by atoms with Crippen LogP contribution in [0.25, 0.3) is 0 Å². The molecule has 0 aliphatic carbocycles. The Morgan fingerprint density at radius 1 is 1.44 bits per heavy atom. The molecule has 0 unspecified atom stereocenters. The van der Waals surface area contributed by atoms with Crippen molar-refractivity contribution in [1.29, 1.82) is 5.26 Å². The van der Waals surface area contributed by atoms with E-state index in [1.54, 1.807) is 6.07 Å². The van der Waals surface area contributed by atoms with E-state index in [0.717, 1.165) is 12.8 Å². The van der Waals surface area contributed by atoms with Crippen LogP contribution in [0, 0.1) is 23.1 Å². The first-order chi connectivity index (χ1) is 8.65. The van der Waals surface area contributed by atoms with E-state index in [2.05, 4.69) is 0 Å². The number of halogens is 1. The van der Waals surface area contributed by atoms with Gasteiger partial charge in [0.15, 0.2) is 0 Å². The first-order valence-corrected chi connectivity index (χ1v) is 5.90. The van der Waals surface area contributed by atoms with E-state index < -0.39 is 11.9 Å². The number of hydrogen-bond acceptors (Lipinski definition) is 4. The van der Waals surface area contributed by atoms with Crippen molar-refractivity contribution >= 4 is 0 Å². The van der Waals surface area contributed by atoms with E-state index in [0.29, 0.717) is 18.8 Å². The Labute approximate surface area is 105 Å². The van der Waals surface area contributed by atoms with Crippen LogP contribution in [-0.4, -0.2) is 18.3 Å². The van der Waals surface area contributed by atoms with Crippen molar-refractivity contribution < 1.29 is 14.2 Å². The SMILES string of the molecule is N#Cc1c(F)ccc([C@H](N)C2CCOCC2)c1O. The van der Waals surface area contributed by atoms with Gasteiger partial charge in [0.2, 0.25) is 0 Å². The summed E-state index contributed by atoms with van der Waals surface area (Å²) in [4.78, 5) is 0. The Kier molecular flexibility index (Phi) is 3.80. The lowest BCUT2D eigenvalue weighted by molar-refractivity contribution is 0.0581. The molecular formula is C13H15FN2O2. The third-order valence-corrected chi connectivity index (χ3v) is 3.40. The molecule has 3 N–H and O–H groups in total. The van der Waals surface area contributed by atoms with Crippen LogP contribution in [0.1, 0.15) is 30.0 Å². The minimum absolute atomic E-state index is 0.182. The van der Waals surface area contributed by atoms with Crippen molar-refractivity contribution in [2.24, 2.45) is 11.7 Å². The molecule has 0 bridgehead atoms. The van der Waals surface area contributed by atoms with Crippen molar-refractivity contribution in [3.05, 3.63) is 29.1 Å².